The number of nitrogens with one attached hydrogen (secondary N) is 2. The largest absolute Gasteiger partial charge is 0.335 e. The van der Waals surface area contributed by atoms with Crippen molar-refractivity contribution in [1.29, 1.82) is 0 Å². The summed E-state index contributed by atoms with van der Waals surface area (Å²) in [5.41, 5.74) is 2.53. The van der Waals surface area contributed by atoms with E-state index in [9.17, 15) is 9.59 Å². The Kier molecular flexibility index (Phi) is 7.44. The summed E-state index contributed by atoms with van der Waals surface area (Å²) in [6, 6.07) is 8.64. The Morgan fingerprint density at radius 3 is 2.36 bits per heavy atom. The van der Waals surface area contributed by atoms with Gasteiger partial charge in [-0.1, -0.05) is 57.9 Å². The molecule has 1 atom stereocenters. The molecule has 1 aromatic carbocycles. The Hall–Kier alpha value is -1.88. The average Bonchev–Trinajstić information content (AvgIpc) is 3.08. The number of nitrogens with two attached hydrogens (primary N) is 1. The van der Waals surface area contributed by atoms with Crippen molar-refractivity contribution in [3.8, 4) is 0 Å². The molecule has 5 heteroatoms. The second-order valence-electron chi connectivity index (χ2n) is 7.31. The van der Waals surface area contributed by atoms with E-state index in [4.69, 9.17) is 0 Å². The van der Waals surface area contributed by atoms with Crippen molar-refractivity contribution in [1.82, 2.24) is 10.6 Å². The Morgan fingerprint density at radius 2 is 1.80 bits per heavy atom. The lowest BCUT2D eigenvalue weighted by Crippen LogP contribution is -2.88. The van der Waals surface area contributed by atoms with Crippen molar-refractivity contribution in [2.24, 2.45) is 5.92 Å². The number of aryl methyl sites for hydroxylation is 1. The maximum absolute atomic E-state index is 12.1. The van der Waals surface area contributed by atoms with Gasteiger partial charge in [0.15, 0.2) is 6.54 Å². The predicted octanol–water partition coefficient (Wildman–Crippen LogP) is 2.28. The zero-order valence-corrected chi connectivity index (χ0v) is 15.7. The van der Waals surface area contributed by atoms with Crippen molar-refractivity contribution < 1.29 is 14.9 Å². The summed E-state index contributed by atoms with van der Waals surface area (Å²) in [5, 5.41) is 7.35. The molecule has 0 unspecified atom stereocenters. The number of rotatable bonds is 7. The van der Waals surface area contributed by atoms with Gasteiger partial charge in [0.25, 0.3) is 5.91 Å². The van der Waals surface area contributed by atoms with Gasteiger partial charge < -0.3 is 10.6 Å². The summed E-state index contributed by atoms with van der Waals surface area (Å²) < 4.78 is 0. The summed E-state index contributed by atoms with van der Waals surface area (Å²) in [7, 11) is 0. The van der Waals surface area contributed by atoms with Crippen LogP contribution in [0.1, 0.15) is 63.6 Å². The summed E-state index contributed by atoms with van der Waals surface area (Å²) in [5.74, 6) is 0.152. The first-order valence-electron chi connectivity index (χ1n) is 9.52. The number of carbonyl (C=O) groups is 2. The van der Waals surface area contributed by atoms with Gasteiger partial charge >= 0.3 is 6.03 Å². The molecule has 3 amide bonds. The van der Waals surface area contributed by atoms with Gasteiger partial charge in [0.05, 0.1) is 0 Å². The highest BCUT2D eigenvalue weighted by Crippen LogP contribution is 2.18. The third-order valence-corrected chi connectivity index (χ3v) is 4.99. The smallest absolute Gasteiger partial charge is 0.321 e. The molecular weight excluding hydrogens is 314 g/mol. The van der Waals surface area contributed by atoms with E-state index < -0.39 is 0 Å². The van der Waals surface area contributed by atoms with Gasteiger partial charge in [-0.15, -0.1) is 0 Å². The molecule has 1 aliphatic carbocycles. The van der Waals surface area contributed by atoms with E-state index >= 15 is 0 Å². The number of hydrogen-bond donors (Lipinski definition) is 3. The molecule has 2 rings (SSSR count). The third kappa shape index (κ3) is 6.16. The quantitative estimate of drug-likeness (QED) is 0.708. The van der Waals surface area contributed by atoms with Crippen LogP contribution in [0.3, 0.4) is 0 Å². The van der Waals surface area contributed by atoms with Crippen LogP contribution in [0.4, 0.5) is 4.79 Å². The maximum Gasteiger partial charge on any atom is 0.321 e. The van der Waals surface area contributed by atoms with E-state index in [1.165, 1.54) is 11.1 Å². The molecule has 0 radical (unpaired) electrons. The Morgan fingerprint density at radius 1 is 1.16 bits per heavy atom. The second-order valence-corrected chi connectivity index (χ2v) is 7.31. The molecule has 0 saturated heterocycles. The highest BCUT2D eigenvalue weighted by molar-refractivity contribution is 5.94. The molecule has 0 aromatic heterocycles. The fraction of sp³-hybridized carbons (Fsp3) is 0.600. The molecule has 5 nitrogen and oxygen atoms in total. The molecule has 1 aliphatic rings. The summed E-state index contributed by atoms with van der Waals surface area (Å²) in [6.07, 6.45) is 5.35. The monoisotopic (exact) mass is 346 g/mol. The molecule has 0 bridgehead atoms. The van der Waals surface area contributed by atoms with E-state index in [2.05, 4.69) is 55.7 Å². The minimum atomic E-state index is -0.362. The molecule has 1 aromatic rings. The van der Waals surface area contributed by atoms with Crippen LogP contribution in [0.15, 0.2) is 24.3 Å². The molecule has 0 spiro atoms. The first kappa shape index (κ1) is 19.4. The normalized spacial score (nSPS) is 16.0. The first-order valence-corrected chi connectivity index (χ1v) is 9.52. The Balaban J connectivity index is 1.82. The van der Waals surface area contributed by atoms with E-state index in [0.29, 0.717) is 5.92 Å². The number of imide groups is 1. The minimum Gasteiger partial charge on any atom is -0.335 e. The van der Waals surface area contributed by atoms with Crippen molar-refractivity contribution in [3.05, 3.63) is 35.4 Å². The number of urea groups is 1. The standard InChI is InChI=1S/C20H31N3O2/c1-4-15-9-11-16(12-10-15)19(14(2)3)21-13-18(24)23-20(25)22-17-7-5-6-8-17/h9-12,14,17,19,21H,4-8,13H2,1-3H3,(H2,22,23,24,25)/p+1/t19-/m0/s1. The van der Waals surface area contributed by atoms with Crippen molar-refractivity contribution in [2.45, 2.75) is 65.0 Å². The maximum atomic E-state index is 12.1. The van der Waals surface area contributed by atoms with Crippen LogP contribution < -0.4 is 16.0 Å². The molecule has 1 fully saturated rings. The van der Waals surface area contributed by atoms with Gasteiger partial charge in [-0.2, -0.15) is 0 Å². The lowest BCUT2D eigenvalue weighted by molar-refractivity contribution is -0.692. The summed E-state index contributed by atoms with van der Waals surface area (Å²) in [6.45, 7) is 6.69. The summed E-state index contributed by atoms with van der Waals surface area (Å²) in [4.78, 5) is 24.0. The van der Waals surface area contributed by atoms with E-state index in [1.807, 2.05) is 5.32 Å². The van der Waals surface area contributed by atoms with Gasteiger partial charge in [0.2, 0.25) is 0 Å². The second kappa shape index (κ2) is 9.56. The predicted molar refractivity (Wildman–Crippen MR) is 99.1 cm³/mol. The number of amides is 3. The molecule has 138 valence electrons. The fourth-order valence-corrected chi connectivity index (χ4v) is 3.47. The lowest BCUT2D eigenvalue weighted by Gasteiger charge is -2.20. The van der Waals surface area contributed by atoms with Crippen LogP contribution in [0, 0.1) is 5.92 Å². The van der Waals surface area contributed by atoms with Crippen molar-refractivity contribution >= 4 is 11.9 Å². The third-order valence-electron chi connectivity index (χ3n) is 4.99. The van der Waals surface area contributed by atoms with E-state index in [0.717, 1.165) is 32.1 Å². The fourth-order valence-electron chi connectivity index (χ4n) is 3.47. The van der Waals surface area contributed by atoms with Crippen LogP contribution >= 0.6 is 0 Å². The molecule has 0 aliphatic heterocycles. The van der Waals surface area contributed by atoms with Crippen LogP contribution in [0.2, 0.25) is 0 Å². The average molecular weight is 346 g/mol. The molecule has 0 heterocycles. The molecular formula is C20H32N3O2+. The van der Waals surface area contributed by atoms with E-state index in [1.54, 1.807) is 0 Å². The van der Waals surface area contributed by atoms with Crippen molar-refractivity contribution in [3.63, 3.8) is 0 Å². The Bertz CT molecular complexity index is 563. The van der Waals surface area contributed by atoms with Crippen molar-refractivity contribution in [2.75, 3.05) is 6.54 Å². The summed E-state index contributed by atoms with van der Waals surface area (Å²) >= 11 is 0. The van der Waals surface area contributed by atoms with Crippen LogP contribution in [-0.2, 0) is 11.2 Å². The zero-order chi connectivity index (χ0) is 18.2. The lowest BCUT2D eigenvalue weighted by atomic mass is 9.95. The van der Waals surface area contributed by atoms with Crippen LogP contribution in [0.25, 0.3) is 0 Å². The highest BCUT2D eigenvalue weighted by atomic mass is 16.2. The van der Waals surface area contributed by atoms with E-state index in [-0.39, 0.29) is 30.6 Å². The highest BCUT2D eigenvalue weighted by Gasteiger charge is 2.22. The van der Waals surface area contributed by atoms with Crippen LogP contribution in [-0.4, -0.2) is 24.5 Å². The number of quaternary nitrogens is 1. The minimum absolute atomic E-state index is 0.203. The van der Waals surface area contributed by atoms with Gasteiger partial charge in [0, 0.05) is 17.5 Å². The van der Waals surface area contributed by atoms with Crippen LogP contribution in [0.5, 0.6) is 0 Å². The number of hydrogen-bond acceptors (Lipinski definition) is 2. The van der Waals surface area contributed by atoms with Gasteiger partial charge in [-0.25, -0.2) is 4.79 Å². The zero-order valence-electron chi connectivity index (χ0n) is 15.7. The van der Waals surface area contributed by atoms with Gasteiger partial charge in [0.1, 0.15) is 6.04 Å². The van der Waals surface area contributed by atoms with Gasteiger partial charge in [-0.05, 0) is 24.8 Å². The van der Waals surface area contributed by atoms with Gasteiger partial charge in [-0.3, -0.25) is 10.1 Å². The Labute approximate surface area is 151 Å². The number of benzene rings is 1. The molecule has 1 saturated carbocycles. The molecule has 4 N–H and O–H groups in total. The SMILES string of the molecule is CCc1ccc([C@@H]([NH2+]CC(=O)NC(=O)NC2CCCC2)C(C)C)cc1. The molecule has 25 heavy (non-hydrogen) atoms. The first-order chi connectivity index (χ1) is 12.0. The topological polar surface area (TPSA) is 74.8 Å². The number of carbonyl (C=O) groups excluding carboxylic acids is 2.